The molecule has 1 fully saturated rings. The molecule has 0 saturated heterocycles. The molecule has 1 aliphatic rings. The Balaban J connectivity index is 2.36. The number of hydrogen-bond acceptors (Lipinski definition) is 2. The Labute approximate surface area is 104 Å². The van der Waals surface area contributed by atoms with Crippen LogP contribution in [-0.4, -0.2) is 18.3 Å². The van der Waals surface area contributed by atoms with E-state index in [-0.39, 0.29) is 12.0 Å². The van der Waals surface area contributed by atoms with Gasteiger partial charge < -0.3 is 10.8 Å². The minimum absolute atomic E-state index is 0.0286. The van der Waals surface area contributed by atoms with Crippen LogP contribution in [0.25, 0.3) is 0 Å². The van der Waals surface area contributed by atoms with Crippen LogP contribution in [0.5, 0.6) is 0 Å². The van der Waals surface area contributed by atoms with Crippen molar-refractivity contribution in [2.45, 2.75) is 38.5 Å². The third kappa shape index (κ3) is 2.24. The van der Waals surface area contributed by atoms with Crippen molar-refractivity contribution in [1.29, 1.82) is 0 Å². The predicted octanol–water partition coefficient (Wildman–Crippen LogP) is 2.59. The Bertz CT molecular complexity index is 369. The Morgan fingerprint density at radius 2 is 1.94 bits per heavy atom. The Kier molecular flexibility index (Phi) is 3.85. The quantitative estimate of drug-likeness (QED) is 0.839. The van der Waals surface area contributed by atoms with Gasteiger partial charge in [-0.15, -0.1) is 0 Å². The first kappa shape index (κ1) is 12.6. The van der Waals surface area contributed by atoms with E-state index in [4.69, 9.17) is 5.73 Å². The number of aliphatic hydroxyl groups is 1. The normalized spacial score (nSPS) is 20.4. The third-order valence-corrected chi connectivity index (χ3v) is 4.45. The lowest BCUT2D eigenvalue weighted by atomic mass is 9.70. The third-order valence-electron chi connectivity index (χ3n) is 4.45. The van der Waals surface area contributed by atoms with Crippen molar-refractivity contribution >= 4 is 0 Å². The highest BCUT2D eigenvalue weighted by molar-refractivity contribution is 5.31. The molecule has 1 aromatic carbocycles. The molecule has 2 rings (SSSR count). The predicted molar refractivity (Wildman–Crippen MR) is 71.0 cm³/mol. The second-order valence-corrected chi connectivity index (χ2v) is 5.37. The number of rotatable bonds is 4. The van der Waals surface area contributed by atoms with E-state index in [1.54, 1.807) is 0 Å². The van der Waals surface area contributed by atoms with Gasteiger partial charge in [0.2, 0.25) is 0 Å². The van der Waals surface area contributed by atoms with Gasteiger partial charge in [0.05, 0.1) is 0 Å². The minimum Gasteiger partial charge on any atom is -0.396 e. The maximum atomic E-state index is 9.81. The van der Waals surface area contributed by atoms with Gasteiger partial charge in [-0.2, -0.15) is 0 Å². The van der Waals surface area contributed by atoms with Crippen LogP contribution in [0, 0.1) is 12.3 Å². The van der Waals surface area contributed by atoms with Crippen LogP contribution >= 0.6 is 0 Å². The van der Waals surface area contributed by atoms with Gasteiger partial charge in [0.25, 0.3) is 0 Å². The van der Waals surface area contributed by atoms with E-state index in [0.29, 0.717) is 12.5 Å². The topological polar surface area (TPSA) is 46.2 Å². The molecule has 0 amide bonds. The molecule has 0 aromatic heterocycles. The van der Waals surface area contributed by atoms with Crippen molar-refractivity contribution in [3.8, 4) is 0 Å². The van der Waals surface area contributed by atoms with Crippen molar-refractivity contribution in [3.05, 3.63) is 35.4 Å². The number of aliphatic hydroxyl groups excluding tert-OH is 1. The van der Waals surface area contributed by atoms with E-state index < -0.39 is 0 Å². The summed E-state index contributed by atoms with van der Waals surface area (Å²) in [5.74, 6) is 0.302. The average Bonchev–Trinajstić information content (AvgIpc) is 2.82. The smallest absolute Gasteiger partial charge is 0.0493 e. The molecule has 0 radical (unpaired) electrons. The summed E-state index contributed by atoms with van der Waals surface area (Å²) >= 11 is 0. The summed E-state index contributed by atoms with van der Waals surface area (Å²) in [5, 5.41) is 9.81. The zero-order valence-corrected chi connectivity index (χ0v) is 10.7. The van der Waals surface area contributed by atoms with Gasteiger partial charge in [-0.25, -0.2) is 0 Å². The molecule has 0 unspecified atom stereocenters. The molecule has 0 aliphatic heterocycles. The van der Waals surface area contributed by atoms with Crippen molar-refractivity contribution in [2.24, 2.45) is 11.1 Å². The molecule has 2 heteroatoms. The lowest BCUT2D eigenvalue weighted by molar-refractivity contribution is 0.102. The molecule has 3 N–H and O–H groups in total. The van der Waals surface area contributed by atoms with Crippen molar-refractivity contribution in [1.82, 2.24) is 0 Å². The van der Waals surface area contributed by atoms with Crippen LogP contribution in [-0.2, 0) is 0 Å². The highest BCUT2D eigenvalue weighted by Gasteiger charge is 2.41. The monoisotopic (exact) mass is 233 g/mol. The zero-order valence-electron chi connectivity index (χ0n) is 10.7. The minimum atomic E-state index is 0.0286. The highest BCUT2D eigenvalue weighted by atomic mass is 16.3. The van der Waals surface area contributed by atoms with Crippen molar-refractivity contribution in [3.63, 3.8) is 0 Å². The van der Waals surface area contributed by atoms with Crippen LogP contribution in [0.15, 0.2) is 24.3 Å². The molecule has 17 heavy (non-hydrogen) atoms. The largest absolute Gasteiger partial charge is 0.396 e. The van der Waals surface area contributed by atoms with Crippen LogP contribution in [0.4, 0.5) is 0 Å². The van der Waals surface area contributed by atoms with Gasteiger partial charge in [0, 0.05) is 17.9 Å². The van der Waals surface area contributed by atoms with Crippen LogP contribution in [0.2, 0.25) is 0 Å². The average molecular weight is 233 g/mol. The van der Waals surface area contributed by atoms with E-state index in [9.17, 15) is 5.11 Å². The maximum absolute atomic E-state index is 9.81. The molecule has 2 nitrogen and oxygen atoms in total. The first-order valence-electron chi connectivity index (χ1n) is 6.60. The summed E-state index contributed by atoms with van der Waals surface area (Å²) in [7, 11) is 0. The molecule has 0 spiro atoms. The van der Waals surface area contributed by atoms with Gasteiger partial charge in [-0.3, -0.25) is 0 Å². The summed E-state index contributed by atoms with van der Waals surface area (Å²) in [5.41, 5.74) is 8.65. The van der Waals surface area contributed by atoms with E-state index in [0.717, 1.165) is 12.8 Å². The van der Waals surface area contributed by atoms with Crippen LogP contribution in [0.1, 0.15) is 42.7 Å². The summed E-state index contributed by atoms with van der Waals surface area (Å²) in [6.45, 7) is 3.03. The fraction of sp³-hybridized carbons (Fsp3) is 0.600. The zero-order chi connectivity index (χ0) is 12.3. The van der Waals surface area contributed by atoms with Gasteiger partial charge >= 0.3 is 0 Å². The Morgan fingerprint density at radius 3 is 2.47 bits per heavy atom. The molecule has 1 saturated carbocycles. The molecular weight excluding hydrogens is 210 g/mol. The fourth-order valence-corrected chi connectivity index (χ4v) is 3.38. The molecule has 0 bridgehead atoms. The maximum Gasteiger partial charge on any atom is 0.0493 e. The SMILES string of the molecule is Cc1ccccc1[C@H](CN)C1(CO)CCCC1. The highest BCUT2D eigenvalue weighted by Crippen LogP contribution is 2.48. The van der Waals surface area contributed by atoms with E-state index in [2.05, 4.69) is 31.2 Å². The fourth-order valence-electron chi connectivity index (χ4n) is 3.38. The first-order chi connectivity index (χ1) is 8.23. The van der Waals surface area contributed by atoms with E-state index in [1.807, 2.05) is 0 Å². The lowest BCUT2D eigenvalue weighted by Gasteiger charge is -2.36. The summed E-state index contributed by atoms with van der Waals surface area (Å²) in [6, 6.07) is 8.44. The van der Waals surface area contributed by atoms with Gasteiger partial charge in [-0.1, -0.05) is 37.1 Å². The Morgan fingerprint density at radius 1 is 1.29 bits per heavy atom. The molecular formula is C15H23NO. The summed E-state index contributed by atoms with van der Waals surface area (Å²) in [6.07, 6.45) is 4.67. The van der Waals surface area contributed by atoms with Gasteiger partial charge in [-0.05, 0) is 37.4 Å². The van der Waals surface area contributed by atoms with Crippen molar-refractivity contribution in [2.75, 3.05) is 13.2 Å². The second kappa shape index (κ2) is 5.19. The van der Waals surface area contributed by atoms with Crippen LogP contribution in [0.3, 0.4) is 0 Å². The first-order valence-corrected chi connectivity index (χ1v) is 6.60. The molecule has 94 valence electrons. The number of hydrogen-bond donors (Lipinski definition) is 2. The van der Waals surface area contributed by atoms with E-state index in [1.165, 1.54) is 24.0 Å². The van der Waals surface area contributed by atoms with E-state index >= 15 is 0 Å². The number of benzene rings is 1. The Hall–Kier alpha value is -0.860. The summed E-state index contributed by atoms with van der Waals surface area (Å²) in [4.78, 5) is 0. The standard InChI is InChI=1S/C15H23NO/c1-12-6-2-3-7-13(12)14(10-16)15(11-17)8-4-5-9-15/h2-3,6-7,14,17H,4-5,8-11,16H2,1H3/t14-/m0/s1. The molecule has 1 aliphatic carbocycles. The second-order valence-electron chi connectivity index (χ2n) is 5.37. The molecule has 1 atom stereocenters. The number of nitrogens with two attached hydrogens (primary N) is 1. The number of aryl methyl sites for hydroxylation is 1. The lowest BCUT2D eigenvalue weighted by Crippen LogP contribution is -2.35. The molecule has 0 heterocycles. The van der Waals surface area contributed by atoms with Crippen LogP contribution < -0.4 is 5.73 Å². The summed E-state index contributed by atoms with van der Waals surface area (Å²) < 4.78 is 0. The van der Waals surface area contributed by atoms with Gasteiger partial charge in [0.15, 0.2) is 0 Å². The van der Waals surface area contributed by atoms with Gasteiger partial charge in [0.1, 0.15) is 0 Å². The van der Waals surface area contributed by atoms with Crippen molar-refractivity contribution < 1.29 is 5.11 Å². The molecule has 1 aromatic rings.